The molecule has 0 bridgehead atoms. The minimum atomic E-state index is -0.950. The Bertz CT molecular complexity index is 614. The third-order valence-electron chi connectivity index (χ3n) is 3.60. The van der Waals surface area contributed by atoms with Crippen molar-refractivity contribution >= 4 is 17.3 Å². The summed E-state index contributed by atoms with van der Waals surface area (Å²) in [5, 5.41) is 0. The first-order valence-corrected chi connectivity index (χ1v) is 6.42. The molecular weight excluding hydrogens is 252 g/mol. The second-order valence-corrected chi connectivity index (χ2v) is 4.82. The maximum atomic E-state index is 12.5. The average Bonchev–Trinajstić information content (AvgIpc) is 2.71. The van der Waals surface area contributed by atoms with E-state index in [0.29, 0.717) is 11.1 Å². The smallest absolute Gasteiger partial charge is 0.214 e. The van der Waals surface area contributed by atoms with Crippen molar-refractivity contribution in [2.45, 2.75) is 11.8 Å². The molecule has 2 aromatic carbocycles. The van der Waals surface area contributed by atoms with E-state index in [1.165, 1.54) is 0 Å². The zero-order chi connectivity index (χ0) is 14.1. The minimum absolute atomic E-state index is 0.322. The summed E-state index contributed by atoms with van der Waals surface area (Å²) in [6.45, 7) is 0. The van der Waals surface area contributed by atoms with Crippen LogP contribution in [0, 0.1) is 0 Å². The van der Waals surface area contributed by atoms with Crippen LogP contribution in [-0.4, -0.2) is 17.3 Å². The minimum Gasteiger partial charge on any atom is -0.297 e. The van der Waals surface area contributed by atoms with Crippen molar-refractivity contribution in [2.75, 3.05) is 0 Å². The Morgan fingerprint density at radius 3 is 1.25 bits per heavy atom. The quantitative estimate of drug-likeness (QED) is 0.617. The number of rotatable bonds is 2. The molecule has 2 aromatic rings. The molecule has 3 rings (SSSR count). The van der Waals surface area contributed by atoms with Gasteiger partial charge in [-0.1, -0.05) is 60.7 Å². The van der Waals surface area contributed by atoms with Crippen LogP contribution in [0.3, 0.4) is 0 Å². The van der Waals surface area contributed by atoms with Crippen molar-refractivity contribution in [3.63, 3.8) is 0 Å². The number of carbonyl (C=O) groups excluding carboxylic acids is 3. The Balaban J connectivity index is 2.03. The summed E-state index contributed by atoms with van der Waals surface area (Å²) in [4.78, 5) is 36.7. The summed E-state index contributed by atoms with van der Waals surface area (Å²) >= 11 is 0. The fourth-order valence-corrected chi connectivity index (χ4v) is 2.63. The molecule has 1 aliphatic carbocycles. The van der Waals surface area contributed by atoms with E-state index < -0.39 is 23.4 Å². The summed E-state index contributed by atoms with van der Waals surface area (Å²) in [6.07, 6.45) is 0. The Labute approximate surface area is 116 Å². The van der Waals surface area contributed by atoms with Crippen LogP contribution in [0.5, 0.6) is 0 Å². The molecule has 0 aromatic heterocycles. The van der Waals surface area contributed by atoms with Crippen molar-refractivity contribution in [1.29, 1.82) is 0 Å². The van der Waals surface area contributed by atoms with Gasteiger partial charge in [0, 0.05) is 0 Å². The van der Waals surface area contributed by atoms with Crippen LogP contribution in [0.15, 0.2) is 60.7 Å². The first kappa shape index (κ1) is 12.5. The van der Waals surface area contributed by atoms with Gasteiger partial charge < -0.3 is 0 Å². The van der Waals surface area contributed by atoms with Crippen molar-refractivity contribution in [3.8, 4) is 0 Å². The highest BCUT2D eigenvalue weighted by Gasteiger charge is 2.49. The lowest BCUT2D eigenvalue weighted by atomic mass is 9.91. The zero-order valence-electron chi connectivity index (χ0n) is 10.7. The van der Waals surface area contributed by atoms with Crippen molar-refractivity contribution in [2.24, 2.45) is 0 Å². The Kier molecular flexibility index (Phi) is 3.03. The molecule has 98 valence electrons. The van der Waals surface area contributed by atoms with Gasteiger partial charge >= 0.3 is 0 Å². The van der Waals surface area contributed by atoms with Crippen LogP contribution in [-0.2, 0) is 14.4 Å². The Morgan fingerprint density at radius 2 is 0.900 bits per heavy atom. The first-order chi connectivity index (χ1) is 9.70. The van der Waals surface area contributed by atoms with Crippen molar-refractivity contribution < 1.29 is 14.4 Å². The van der Waals surface area contributed by atoms with Crippen LogP contribution in [0.4, 0.5) is 0 Å². The number of hydrogen-bond acceptors (Lipinski definition) is 3. The van der Waals surface area contributed by atoms with E-state index in [1.807, 2.05) is 12.1 Å². The van der Waals surface area contributed by atoms with Crippen LogP contribution in [0.25, 0.3) is 0 Å². The van der Waals surface area contributed by atoms with Crippen LogP contribution in [0.2, 0.25) is 0 Å². The summed E-state index contributed by atoms with van der Waals surface area (Å²) in [6, 6.07) is 17.5. The SMILES string of the molecule is O=C1C(=O)C(c2ccccc2)C(=O)C1c1ccccc1. The molecule has 1 fully saturated rings. The van der Waals surface area contributed by atoms with E-state index in [4.69, 9.17) is 0 Å². The molecule has 0 heterocycles. The molecule has 2 atom stereocenters. The maximum absolute atomic E-state index is 12.5. The van der Waals surface area contributed by atoms with E-state index in [-0.39, 0.29) is 5.78 Å². The Hall–Kier alpha value is -2.55. The molecule has 20 heavy (non-hydrogen) atoms. The summed E-state index contributed by atoms with van der Waals surface area (Å²) in [5.74, 6) is -3.43. The highest BCUT2D eigenvalue weighted by molar-refractivity contribution is 6.54. The summed E-state index contributed by atoms with van der Waals surface area (Å²) < 4.78 is 0. The molecule has 0 saturated heterocycles. The molecule has 0 aliphatic heterocycles. The molecular formula is C17H12O3. The van der Waals surface area contributed by atoms with E-state index in [1.54, 1.807) is 48.5 Å². The van der Waals surface area contributed by atoms with Gasteiger partial charge in [-0.3, -0.25) is 14.4 Å². The number of hydrogen-bond donors (Lipinski definition) is 0. The van der Waals surface area contributed by atoms with Gasteiger partial charge in [0.25, 0.3) is 0 Å². The normalized spacial score (nSPS) is 22.3. The predicted molar refractivity (Wildman–Crippen MR) is 73.4 cm³/mol. The second-order valence-electron chi connectivity index (χ2n) is 4.82. The molecule has 0 spiro atoms. The van der Waals surface area contributed by atoms with Gasteiger partial charge in [-0.25, -0.2) is 0 Å². The predicted octanol–water partition coefficient (Wildman–Crippen LogP) is 2.27. The van der Waals surface area contributed by atoms with Gasteiger partial charge in [-0.2, -0.15) is 0 Å². The molecule has 0 amide bonds. The van der Waals surface area contributed by atoms with Gasteiger partial charge in [0.15, 0.2) is 5.78 Å². The van der Waals surface area contributed by atoms with Crippen molar-refractivity contribution in [3.05, 3.63) is 71.8 Å². The Morgan fingerprint density at radius 1 is 0.550 bits per heavy atom. The van der Waals surface area contributed by atoms with Crippen LogP contribution in [0.1, 0.15) is 23.0 Å². The van der Waals surface area contributed by atoms with Gasteiger partial charge in [0.1, 0.15) is 11.8 Å². The standard InChI is InChI=1S/C17H12O3/c18-15-13(11-7-3-1-4-8-11)16(19)17(20)14(15)12-9-5-2-6-10-12/h1-10,13-14H. The first-order valence-electron chi connectivity index (χ1n) is 6.42. The highest BCUT2D eigenvalue weighted by atomic mass is 16.2. The second kappa shape index (κ2) is 4.85. The lowest BCUT2D eigenvalue weighted by molar-refractivity contribution is -0.135. The lowest BCUT2D eigenvalue weighted by Gasteiger charge is -2.08. The highest BCUT2D eigenvalue weighted by Crippen LogP contribution is 2.35. The van der Waals surface area contributed by atoms with Gasteiger partial charge in [-0.05, 0) is 11.1 Å². The lowest BCUT2D eigenvalue weighted by Crippen LogP contribution is -2.14. The fraction of sp³-hybridized carbons (Fsp3) is 0.118. The van der Waals surface area contributed by atoms with Crippen molar-refractivity contribution in [1.82, 2.24) is 0 Å². The van der Waals surface area contributed by atoms with Gasteiger partial charge in [0.2, 0.25) is 11.6 Å². The number of benzene rings is 2. The molecule has 3 nitrogen and oxygen atoms in total. The molecule has 0 N–H and O–H groups in total. The largest absolute Gasteiger partial charge is 0.297 e. The molecule has 3 heteroatoms. The van der Waals surface area contributed by atoms with E-state index in [0.717, 1.165) is 0 Å². The van der Waals surface area contributed by atoms with E-state index in [9.17, 15) is 14.4 Å². The topological polar surface area (TPSA) is 51.2 Å². The molecule has 1 aliphatic rings. The number of carbonyl (C=O) groups is 3. The molecule has 1 saturated carbocycles. The third-order valence-corrected chi connectivity index (χ3v) is 3.60. The van der Waals surface area contributed by atoms with Gasteiger partial charge in [0.05, 0.1) is 0 Å². The zero-order valence-corrected chi connectivity index (χ0v) is 10.7. The van der Waals surface area contributed by atoms with Gasteiger partial charge in [-0.15, -0.1) is 0 Å². The number of ketones is 3. The van der Waals surface area contributed by atoms with Crippen LogP contribution >= 0.6 is 0 Å². The van der Waals surface area contributed by atoms with Crippen LogP contribution < -0.4 is 0 Å². The third kappa shape index (κ3) is 1.88. The maximum Gasteiger partial charge on any atom is 0.214 e. The number of Topliss-reactive ketones (excluding diaryl/α,β-unsaturated/α-hetero) is 3. The monoisotopic (exact) mass is 264 g/mol. The fourth-order valence-electron chi connectivity index (χ4n) is 2.63. The summed E-state index contributed by atoms with van der Waals surface area (Å²) in [7, 11) is 0. The molecule has 2 unspecified atom stereocenters. The van der Waals surface area contributed by atoms with E-state index >= 15 is 0 Å². The van der Waals surface area contributed by atoms with E-state index in [2.05, 4.69) is 0 Å². The average molecular weight is 264 g/mol. The molecule has 0 radical (unpaired) electrons. The summed E-state index contributed by atoms with van der Waals surface area (Å²) in [5.41, 5.74) is 1.18.